The maximum atomic E-state index is 5.60. The molecule has 3 heteroatoms. The molecule has 0 amide bonds. The van der Waals surface area contributed by atoms with Crippen LogP contribution < -0.4 is 10.1 Å². The van der Waals surface area contributed by atoms with Gasteiger partial charge in [0.2, 0.25) is 0 Å². The van der Waals surface area contributed by atoms with Crippen molar-refractivity contribution < 1.29 is 9.15 Å². The van der Waals surface area contributed by atoms with Crippen molar-refractivity contribution in [1.29, 1.82) is 0 Å². The van der Waals surface area contributed by atoms with Crippen molar-refractivity contribution >= 4 is 5.69 Å². The fourth-order valence-corrected chi connectivity index (χ4v) is 2.69. The normalized spacial score (nSPS) is 12.3. The summed E-state index contributed by atoms with van der Waals surface area (Å²) >= 11 is 0. The topological polar surface area (TPSA) is 34.4 Å². The van der Waals surface area contributed by atoms with Gasteiger partial charge in [-0.25, -0.2) is 0 Å². The van der Waals surface area contributed by atoms with Gasteiger partial charge >= 0.3 is 0 Å². The lowest BCUT2D eigenvalue weighted by Gasteiger charge is -2.19. The molecule has 1 heterocycles. The van der Waals surface area contributed by atoms with Gasteiger partial charge in [0.15, 0.2) is 0 Å². The van der Waals surface area contributed by atoms with Crippen LogP contribution in [0.3, 0.4) is 0 Å². The molecule has 0 aliphatic rings. The van der Waals surface area contributed by atoms with Crippen LogP contribution in [0.15, 0.2) is 22.6 Å². The molecule has 0 fully saturated rings. The minimum absolute atomic E-state index is 0.193. The Bertz CT molecular complexity index is 614. The van der Waals surface area contributed by atoms with Crippen LogP contribution in [0.1, 0.15) is 41.2 Å². The van der Waals surface area contributed by atoms with E-state index in [2.05, 4.69) is 44.3 Å². The predicted octanol–water partition coefficient (Wildman–Crippen LogP) is 4.69. The Morgan fingerprint density at radius 1 is 1.15 bits per heavy atom. The van der Waals surface area contributed by atoms with Crippen LogP contribution in [0.2, 0.25) is 0 Å². The number of nitrogens with one attached hydrogen (secondary N) is 1. The van der Waals surface area contributed by atoms with E-state index < -0.39 is 0 Å². The Labute approximate surface area is 121 Å². The van der Waals surface area contributed by atoms with E-state index in [1.54, 1.807) is 7.11 Å². The monoisotopic (exact) mass is 273 g/mol. The average molecular weight is 273 g/mol. The van der Waals surface area contributed by atoms with Crippen LogP contribution in [0, 0.1) is 27.7 Å². The molecule has 0 bridgehead atoms. The first-order valence-corrected chi connectivity index (χ1v) is 6.91. The van der Waals surface area contributed by atoms with Crippen molar-refractivity contribution in [2.45, 2.75) is 40.7 Å². The highest BCUT2D eigenvalue weighted by molar-refractivity contribution is 5.60. The number of ether oxygens (including phenoxy) is 1. The Morgan fingerprint density at radius 2 is 1.85 bits per heavy atom. The molecule has 1 N–H and O–H groups in total. The summed E-state index contributed by atoms with van der Waals surface area (Å²) in [5, 5.41) is 3.54. The van der Waals surface area contributed by atoms with Gasteiger partial charge in [0.05, 0.1) is 13.2 Å². The minimum atomic E-state index is 0.193. The number of methoxy groups -OCH3 is 1. The van der Waals surface area contributed by atoms with Gasteiger partial charge in [-0.15, -0.1) is 0 Å². The second-order valence-corrected chi connectivity index (χ2v) is 5.32. The number of hydrogen-bond donors (Lipinski definition) is 1. The average Bonchev–Trinajstić information content (AvgIpc) is 2.73. The Balaban J connectivity index is 2.28. The van der Waals surface area contributed by atoms with Gasteiger partial charge in [-0.05, 0) is 52.3 Å². The summed E-state index contributed by atoms with van der Waals surface area (Å²) in [4.78, 5) is 0. The molecular formula is C17H23NO2. The van der Waals surface area contributed by atoms with Crippen molar-refractivity contribution in [3.8, 4) is 5.75 Å². The van der Waals surface area contributed by atoms with E-state index in [1.165, 1.54) is 5.56 Å². The highest BCUT2D eigenvalue weighted by Crippen LogP contribution is 2.32. The van der Waals surface area contributed by atoms with Gasteiger partial charge in [0.25, 0.3) is 0 Å². The maximum absolute atomic E-state index is 5.60. The molecule has 0 saturated heterocycles. The van der Waals surface area contributed by atoms with E-state index in [9.17, 15) is 0 Å². The van der Waals surface area contributed by atoms with E-state index in [0.717, 1.165) is 34.1 Å². The fourth-order valence-electron chi connectivity index (χ4n) is 2.69. The molecule has 2 rings (SSSR count). The zero-order valence-electron chi connectivity index (χ0n) is 13.1. The molecule has 1 aromatic carbocycles. The lowest BCUT2D eigenvalue weighted by Crippen LogP contribution is -2.08. The molecule has 0 spiro atoms. The maximum Gasteiger partial charge on any atom is 0.126 e. The quantitative estimate of drug-likeness (QED) is 0.877. The standard InChI is InChI=1S/C17H23NO2/c1-10-7-8-16(12(3)17(10)19-6)18-13(4)15-9-11(2)20-14(15)5/h7-9,13,18H,1-6H3. The number of aryl methyl sites for hydroxylation is 3. The van der Waals surface area contributed by atoms with Crippen molar-refractivity contribution in [2.75, 3.05) is 12.4 Å². The summed E-state index contributed by atoms with van der Waals surface area (Å²) in [6, 6.07) is 6.47. The first-order valence-electron chi connectivity index (χ1n) is 6.91. The summed E-state index contributed by atoms with van der Waals surface area (Å²) in [6.07, 6.45) is 0. The molecule has 0 saturated carbocycles. The fraction of sp³-hybridized carbons (Fsp3) is 0.412. The molecule has 0 aliphatic carbocycles. The summed E-state index contributed by atoms with van der Waals surface area (Å²) in [5.41, 5.74) is 4.58. The van der Waals surface area contributed by atoms with Crippen LogP contribution >= 0.6 is 0 Å². The van der Waals surface area contributed by atoms with E-state index in [1.807, 2.05) is 13.8 Å². The Hall–Kier alpha value is -1.90. The van der Waals surface area contributed by atoms with E-state index in [-0.39, 0.29) is 6.04 Å². The van der Waals surface area contributed by atoms with E-state index in [4.69, 9.17) is 9.15 Å². The molecule has 2 aromatic rings. The molecule has 3 nitrogen and oxygen atoms in total. The summed E-state index contributed by atoms with van der Waals surface area (Å²) in [6.45, 7) is 10.3. The molecule has 0 radical (unpaired) electrons. The van der Waals surface area contributed by atoms with Crippen molar-refractivity contribution in [1.82, 2.24) is 0 Å². The lowest BCUT2D eigenvalue weighted by atomic mass is 10.1. The highest BCUT2D eigenvalue weighted by Gasteiger charge is 2.15. The van der Waals surface area contributed by atoms with Crippen molar-refractivity contribution in [2.24, 2.45) is 0 Å². The van der Waals surface area contributed by atoms with Gasteiger partial charge in [-0.3, -0.25) is 0 Å². The van der Waals surface area contributed by atoms with Crippen molar-refractivity contribution in [3.05, 3.63) is 46.4 Å². The zero-order valence-corrected chi connectivity index (χ0v) is 13.1. The summed E-state index contributed by atoms with van der Waals surface area (Å²) in [5.74, 6) is 2.87. The van der Waals surface area contributed by atoms with Crippen LogP contribution in [0.25, 0.3) is 0 Å². The Morgan fingerprint density at radius 3 is 2.40 bits per heavy atom. The van der Waals surface area contributed by atoms with Gasteiger partial charge in [-0.2, -0.15) is 0 Å². The van der Waals surface area contributed by atoms with Crippen LogP contribution in [-0.2, 0) is 0 Å². The third-order valence-electron chi connectivity index (χ3n) is 3.72. The largest absolute Gasteiger partial charge is 0.496 e. The van der Waals surface area contributed by atoms with Gasteiger partial charge < -0.3 is 14.5 Å². The van der Waals surface area contributed by atoms with E-state index in [0.29, 0.717) is 0 Å². The number of anilines is 1. The van der Waals surface area contributed by atoms with Gasteiger partial charge in [-0.1, -0.05) is 6.07 Å². The van der Waals surface area contributed by atoms with Crippen LogP contribution in [0.4, 0.5) is 5.69 Å². The number of rotatable bonds is 4. The molecule has 1 unspecified atom stereocenters. The minimum Gasteiger partial charge on any atom is -0.496 e. The predicted molar refractivity (Wildman–Crippen MR) is 82.7 cm³/mol. The van der Waals surface area contributed by atoms with Crippen molar-refractivity contribution in [3.63, 3.8) is 0 Å². The smallest absolute Gasteiger partial charge is 0.126 e. The number of furan rings is 1. The highest BCUT2D eigenvalue weighted by atomic mass is 16.5. The van der Waals surface area contributed by atoms with Gasteiger partial charge in [0.1, 0.15) is 17.3 Å². The summed E-state index contributed by atoms with van der Waals surface area (Å²) in [7, 11) is 1.71. The van der Waals surface area contributed by atoms with Crippen LogP contribution in [-0.4, -0.2) is 7.11 Å². The number of hydrogen-bond acceptors (Lipinski definition) is 3. The third kappa shape index (κ3) is 2.67. The molecule has 0 aliphatic heterocycles. The first-order chi connectivity index (χ1) is 9.43. The zero-order chi connectivity index (χ0) is 14.9. The van der Waals surface area contributed by atoms with Crippen LogP contribution in [0.5, 0.6) is 5.75 Å². The second-order valence-electron chi connectivity index (χ2n) is 5.32. The number of benzene rings is 1. The lowest BCUT2D eigenvalue weighted by molar-refractivity contribution is 0.409. The molecule has 1 atom stereocenters. The molecule has 1 aromatic heterocycles. The Kier molecular flexibility index (Phi) is 4.07. The van der Waals surface area contributed by atoms with Gasteiger partial charge in [0, 0.05) is 16.8 Å². The third-order valence-corrected chi connectivity index (χ3v) is 3.72. The SMILES string of the molecule is COc1c(C)ccc(NC(C)c2cc(C)oc2C)c1C. The molecule has 108 valence electrons. The first kappa shape index (κ1) is 14.5. The second kappa shape index (κ2) is 5.61. The molecular weight excluding hydrogens is 250 g/mol. The van der Waals surface area contributed by atoms with E-state index >= 15 is 0 Å². The summed E-state index contributed by atoms with van der Waals surface area (Å²) < 4.78 is 11.1. The molecule has 20 heavy (non-hydrogen) atoms.